The summed E-state index contributed by atoms with van der Waals surface area (Å²) >= 11 is 0. The number of benzene rings is 2. The molecule has 0 aliphatic carbocycles. The molecule has 0 saturated carbocycles. The van der Waals surface area contributed by atoms with Crippen molar-refractivity contribution in [1.82, 2.24) is 0 Å². The molecular weight excluding hydrogens is 288 g/mol. The number of rotatable bonds is 2. The van der Waals surface area contributed by atoms with E-state index in [0.717, 1.165) is 10.8 Å². The summed E-state index contributed by atoms with van der Waals surface area (Å²) in [6.07, 6.45) is -7.29. The molecule has 3 rings (SSSR count). The molecule has 1 aliphatic rings. The van der Waals surface area contributed by atoms with Crippen molar-refractivity contribution in [3.63, 3.8) is 0 Å². The third-order valence-corrected chi connectivity index (χ3v) is 3.96. The van der Waals surface area contributed by atoms with Gasteiger partial charge in [0.25, 0.3) is 0 Å². The summed E-state index contributed by atoms with van der Waals surface area (Å²) in [6.45, 7) is 0. The summed E-state index contributed by atoms with van der Waals surface area (Å²) in [6, 6.07) is 12.9. The van der Waals surface area contributed by atoms with E-state index in [2.05, 4.69) is 0 Å². The zero-order chi connectivity index (χ0) is 15.9. The third kappa shape index (κ3) is 2.46. The molecule has 1 saturated heterocycles. The lowest BCUT2D eigenvalue weighted by Gasteiger charge is -2.39. The zero-order valence-corrected chi connectivity index (χ0v) is 11.5. The molecule has 0 radical (unpaired) electrons. The molecule has 0 bridgehead atoms. The van der Waals surface area contributed by atoms with Crippen LogP contribution < -0.4 is 0 Å². The van der Waals surface area contributed by atoms with Crippen LogP contribution in [0.15, 0.2) is 42.5 Å². The Morgan fingerprint density at radius 2 is 1.59 bits per heavy atom. The number of fused-ring (bicyclic) bond motifs is 1. The number of carboxylic acid groups (broad SMARTS) is 1. The molecular formula is C16H16O6. The second kappa shape index (κ2) is 5.66. The largest absolute Gasteiger partial charge is 0.479 e. The lowest BCUT2D eigenvalue weighted by molar-refractivity contribution is -0.229. The second-order valence-electron chi connectivity index (χ2n) is 5.39. The Bertz CT molecular complexity index is 700. The molecule has 1 unspecified atom stereocenters. The Morgan fingerprint density at radius 1 is 0.909 bits per heavy atom. The topological polar surface area (TPSA) is 107 Å². The van der Waals surface area contributed by atoms with E-state index < -0.39 is 36.5 Å². The van der Waals surface area contributed by atoms with Crippen molar-refractivity contribution in [2.75, 3.05) is 0 Å². The fraction of sp³-hybridized carbons (Fsp3) is 0.312. The average Bonchev–Trinajstić information content (AvgIpc) is 2.52. The minimum Gasteiger partial charge on any atom is -0.479 e. The van der Waals surface area contributed by atoms with Crippen LogP contribution in [0, 0.1) is 0 Å². The highest BCUT2D eigenvalue weighted by molar-refractivity contribution is 5.83. The maximum absolute atomic E-state index is 11.1. The highest BCUT2D eigenvalue weighted by atomic mass is 16.6. The molecule has 1 heterocycles. The number of carboxylic acids is 1. The van der Waals surface area contributed by atoms with E-state index in [4.69, 9.17) is 9.84 Å². The van der Waals surface area contributed by atoms with Gasteiger partial charge in [-0.25, -0.2) is 4.79 Å². The van der Waals surface area contributed by atoms with Crippen molar-refractivity contribution in [1.29, 1.82) is 0 Å². The predicted octanol–water partition coefficient (Wildman–Crippen LogP) is 0.447. The number of hydrogen-bond acceptors (Lipinski definition) is 5. The number of aliphatic hydroxyl groups is 3. The van der Waals surface area contributed by atoms with Crippen LogP contribution in [0.4, 0.5) is 0 Å². The van der Waals surface area contributed by atoms with Gasteiger partial charge in [-0.2, -0.15) is 0 Å². The van der Waals surface area contributed by atoms with Gasteiger partial charge < -0.3 is 25.2 Å². The minimum absolute atomic E-state index is 0.545. The summed E-state index contributed by atoms with van der Waals surface area (Å²) in [5.74, 6) is -1.38. The molecule has 4 N–H and O–H groups in total. The van der Waals surface area contributed by atoms with Gasteiger partial charge >= 0.3 is 5.97 Å². The molecule has 22 heavy (non-hydrogen) atoms. The van der Waals surface area contributed by atoms with Gasteiger partial charge in [-0.1, -0.05) is 36.4 Å². The van der Waals surface area contributed by atoms with Crippen LogP contribution in [0.1, 0.15) is 11.7 Å². The highest BCUT2D eigenvalue weighted by Crippen LogP contribution is 2.33. The van der Waals surface area contributed by atoms with E-state index in [1.807, 2.05) is 30.3 Å². The van der Waals surface area contributed by atoms with Gasteiger partial charge in [-0.15, -0.1) is 0 Å². The van der Waals surface area contributed by atoms with E-state index in [-0.39, 0.29) is 0 Å². The number of carbonyl (C=O) groups is 1. The van der Waals surface area contributed by atoms with Crippen molar-refractivity contribution in [2.24, 2.45) is 0 Å². The Kier molecular flexibility index (Phi) is 3.84. The second-order valence-corrected chi connectivity index (χ2v) is 5.39. The van der Waals surface area contributed by atoms with Crippen LogP contribution in [0.3, 0.4) is 0 Å². The van der Waals surface area contributed by atoms with Crippen molar-refractivity contribution in [3.8, 4) is 0 Å². The van der Waals surface area contributed by atoms with Crippen LogP contribution in [0.25, 0.3) is 10.8 Å². The highest BCUT2D eigenvalue weighted by Gasteiger charge is 2.47. The number of aliphatic hydroxyl groups excluding tert-OH is 3. The van der Waals surface area contributed by atoms with Gasteiger partial charge in [0.1, 0.15) is 24.4 Å². The normalized spacial score (nSPS) is 32.0. The van der Waals surface area contributed by atoms with E-state index in [1.165, 1.54) is 0 Å². The summed E-state index contributed by atoms with van der Waals surface area (Å²) in [4.78, 5) is 11.1. The van der Waals surface area contributed by atoms with Crippen molar-refractivity contribution in [2.45, 2.75) is 30.5 Å². The number of ether oxygens (including phenoxy) is 1. The molecule has 0 amide bonds. The fourth-order valence-electron chi connectivity index (χ4n) is 2.74. The number of aliphatic carboxylic acids is 1. The lowest BCUT2D eigenvalue weighted by atomic mass is 9.90. The van der Waals surface area contributed by atoms with E-state index in [1.54, 1.807) is 12.1 Å². The summed E-state index contributed by atoms with van der Waals surface area (Å²) in [7, 11) is 0. The molecule has 2 aromatic rings. The fourth-order valence-corrected chi connectivity index (χ4v) is 2.74. The van der Waals surface area contributed by atoms with E-state index in [0.29, 0.717) is 5.56 Å². The molecule has 6 nitrogen and oxygen atoms in total. The lowest BCUT2D eigenvalue weighted by Crippen LogP contribution is -2.56. The Hall–Kier alpha value is -1.99. The van der Waals surface area contributed by atoms with Crippen LogP contribution >= 0.6 is 0 Å². The first kappa shape index (κ1) is 14.9. The minimum atomic E-state index is -1.68. The Morgan fingerprint density at radius 3 is 2.27 bits per heavy atom. The third-order valence-electron chi connectivity index (χ3n) is 3.96. The Balaban J connectivity index is 1.98. The predicted molar refractivity (Wildman–Crippen MR) is 77.2 cm³/mol. The first-order valence-corrected chi connectivity index (χ1v) is 6.90. The van der Waals surface area contributed by atoms with Gasteiger partial charge in [0.2, 0.25) is 0 Å². The van der Waals surface area contributed by atoms with E-state index >= 15 is 0 Å². The maximum Gasteiger partial charge on any atom is 0.335 e. The van der Waals surface area contributed by atoms with Crippen LogP contribution in [-0.4, -0.2) is 50.8 Å². The monoisotopic (exact) mass is 304 g/mol. The molecule has 1 aliphatic heterocycles. The van der Waals surface area contributed by atoms with Crippen LogP contribution in [-0.2, 0) is 9.53 Å². The van der Waals surface area contributed by atoms with Gasteiger partial charge in [0.05, 0.1) is 0 Å². The summed E-state index contributed by atoms with van der Waals surface area (Å²) < 4.78 is 5.32. The first-order valence-electron chi connectivity index (χ1n) is 6.90. The first-order chi connectivity index (χ1) is 10.5. The molecule has 5 atom stereocenters. The smallest absolute Gasteiger partial charge is 0.335 e. The van der Waals surface area contributed by atoms with Crippen molar-refractivity contribution in [3.05, 3.63) is 48.0 Å². The number of hydrogen-bond donors (Lipinski definition) is 4. The van der Waals surface area contributed by atoms with Gasteiger partial charge in [0, 0.05) is 0 Å². The van der Waals surface area contributed by atoms with Crippen LogP contribution in [0.2, 0.25) is 0 Å². The summed E-state index contributed by atoms with van der Waals surface area (Å²) in [5, 5.41) is 40.6. The van der Waals surface area contributed by atoms with Gasteiger partial charge in [0.15, 0.2) is 6.10 Å². The molecule has 2 aromatic carbocycles. The van der Waals surface area contributed by atoms with Crippen molar-refractivity contribution >= 4 is 16.7 Å². The van der Waals surface area contributed by atoms with Gasteiger partial charge in [-0.3, -0.25) is 0 Å². The standard InChI is InChI=1S/C16H16O6/c17-11-12(18)14(22-15(13(11)19)16(20)21)10-6-5-8-3-1-2-4-9(8)7-10/h1-7,11-15,17-19H,(H,20,21)/t11-,12-,13+,14?,15+/m1/s1. The molecule has 1 fully saturated rings. The molecule has 0 spiro atoms. The quantitative estimate of drug-likeness (QED) is 0.641. The maximum atomic E-state index is 11.1. The van der Waals surface area contributed by atoms with E-state index in [9.17, 15) is 20.1 Å². The summed E-state index contributed by atoms with van der Waals surface area (Å²) in [5.41, 5.74) is 0.545. The van der Waals surface area contributed by atoms with Gasteiger partial charge in [-0.05, 0) is 22.4 Å². The average molecular weight is 304 g/mol. The van der Waals surface area contributed by atoms with Crippen LogP contribution in [0.5, 0.6) is 0 Å². The Labute approximate surface area is 126 Å². The molecule has 6 heteroatoms. The SMILES string of the molecule is O=C(O)[C@H]1OC(c2ccc3ccccc3c2)[C@H](O)[C@@H](O)[C@@H]1O. The zero-order valence-electron chi connectivity index (χ0n) is 11.5. The molecule has 0 aromatic heterocycles. The molecule has 116 valence electrons. The van der Waals surface area contributed by atoms with Crippen molar-refractivity contribution < 1.29 is 30.0 Å².